The molecule has 0 atom stereocenters. The van der Waals surface area contributed by atoms with Gasteiger partial charge >= 0.3 is 5.95 Å². The number of nitrogens with one attached hydrogen (secondary N) is 3. The van der Waals surface area contributed by atoms with Crippen molar-refractivity contribution in [3.63, 3.8) is 0 Å². The maximum absolute atomic E-state index is 11.3. The number of nitrogen functional groups attached to an aromatic ring is 1. The minimum Gasteiger partial charge on any atom is -0.382 e. The Kier molecular flexibility index (Phi) is 6.16. The third-order valence-corrected chi connectivity index (χ3v) is 3.43. The molecule has 130 valence electrons. The number of anilines is 3. The first kappa shape index (κ1) is 17.8. The molecule has 2 rings (SSSR count). The van der Waals surface area contributed by atoms with Gasteiger partial charge in [0.2, 0.25) is 5.91 Å². The van der Waals surface area contributed by atoms with Gasteiger partial charge in [-0.2, -0.15) is 10.4 Å². The van der Waals surface area contributed by atoms with Crippen LogP contribution in [-0.2, 0) is 11.8 Å². The summed E-state index contributed by atoms with van der Waals surface area (Å²) in [6, 6.07) is 5.74. The number of quaternary nitrogens is 1. The third kappa shape index (κ3) is 5.25. The number of aryl methyl sites for hydroxylation is 1. The molecule has 0 bridgehead atoms. The smallest absolute Gasteiger partial charge is 0.330 e. The Morgan fingerprint density at radius 2 is 2.12 bits per heavy atom. The Labute approximate surface area is 142 Å². The minimum absolute atomic E-state index is 0.0950. The Bertz CT molecular complexity index is 681. The molecule has 0 radical (unpaired) electrons. The maximum Gasteiger partial charge on any atom is 0.330 e. The van der Waals surface area contributed by atoms with E-state index < -0.39 is 0 Å². The van der Waals surface area contributed by atoms with E-state index in [2.05, 4.69) is 25.9 Å². The second-order valence-electron chi connectivity index (χ2n) is 5.86. The summed E-state index contributed by atoms with van der Waals surface area (Å²) in [7, 11) is 6.01. The molecule has 0 aliphatic heterocycles. The number of hydrogen-bond donors (Lipinski definition) is 4. The summed E-state index contributed by atoms with van der Waals surface area (Å²) in [5.74, 6) is 0.724. The lowest BCUT2D eigenvalue weighted by Gasteiger charge is -2.16. The van der Waals surface area contributed by atoms with E-state index in [0.29, 0.717) is 0 Å². The van der Waals surface area contributed by atoms with Crippen molar-refractivity contribution in [1.29, 1.82) is 0 Å². The van der Waals surface area contributed by atoms with Crippen LogP contribution in [0.3, 0.4) is 0 Å². The lowest BCUT2D eigenvalue weighted by atomic mass is 10.2. The highest BCUT2D eigenvalue weighted by atomic mass is 16.1. The number of amides is 1. The van der Waals surface area contributed by atoms with Crippen LogP contribution in [0, 0.1) is 0 Å². The van der Waals surface area contributed by atoms with Crippen molar-refractivity contribution in [2.24, 2.45) is 7.05 Å². The standard InChI is InChI=1S/C16H25N7O/c1-12(24)19-13-5-6-14(17-7-9-22(2)3)15(11-13)20-21-16-18-8-10-23(16)4/h5-6,8,10-11,17,20H,7,9H2,1-4H3,(H,18,21)(H,19,24)/p+1. The number of imidazole rings is 1. The SMILES string of the molecule is CC(=O)Nc1ccc(NCCN(C)C)c(N[NH2+]c2nccn2C)c1. The zero-order chi connectivity index (χ0) is 17.5. The van der Waals surface area contributed by atoms with Gasteiger partial charge in [-0.25, -0.2) is 5.43 Å². The van der Waals surface area contributed by atoms with Gasteiger partial charge in [-0.3, -0.25) is 9.36 Å². The van der Waals surface area contributed by atoms with E-state index in [-0.39, 0.29) is 5.91 Å². The van der Waals surface area contributed by atoms with Crippen LogP contribution >= 0.6 is 0 Å². The van der Waals surface area contributed by atoms with Crippen molar-refractivity contribution in [2.45, 2.75) is 6.92 Å². The summed E-state index contributed by atoms with van der Waals surface area (Å²) in [4.78, 5) is 17.7. The van der Waals surface area contributed by atoms with Crippen LogP contribution in [0.5, 0.6) is 0 Å². The minimum atomic E-state index is -0.0950. The molecule has 0 aliphatic carbocycles. The molecule has 1 amide bonds. The van der Waals surface area contributed by atoms with Crippen molar-refractivity contribution in [3.05, 3.63) is 30.6 Å². The normalized spacial score (nSPS) is 10.7. The van der Waals surface area contributed by atoms with Gasteiger partial charge in [-0.1, -0.05) is 0 Å². The number of hydrogen-bond acceptors (Lipinski definition) is 5. The van der Waals surface area contributed by atoms with Gasteiger partial charge in [0, 0.05) is 38.9 Å². The molecule has 0 unspecified atom stereocenters. The fraction of sp³-hybridized carbons (Fsp3) is 0.375. The van der Waals surface area contributed by atoms with E-state index >= 15 is 0 Å². The Hall–Kier alpha value is -2.58. The average molecular weight is 332 g/mol. The number of benzene rings is 1. The molecular weight excluding hydrogens is 306 g/mol. The van der Waals surface area contributed by atoms with Gasteiger partial charge in [0.15, 0.2) is 0 Å². The van der Waals surface area contributed by atoms with Gasteiger partial charge in [0.1, 0.15) is 5.69 Å². The zero-order valence-electron chi connectivity index (χ0n) is 14.6. The molecule has 1 aromatic carbocycles. The highest BCUT2D eigenvalue weighted by molar-refractivity contribution is 5.90. The molecule has 0 aliphatic rings. The zero-order valence-corrected chi connectivity index (χ0v) is 14.6. The van der Waals surface area contributed by atoms with Crippen LogP contribution in [0.1, 0.15) is 6.92 Å². The first-order valence-corrected chi connectivity index (χ1v) is 7.83. The summed E-state index contributed by atoms with van der Waals surface area (Å²) in [5.41, 5.74) is 7.70. The molecule has 8 nitrogen and oxygen atoms in total. The van der Waals surface area contributed by atoms with E-state index in [0.717, 1.165) is 36.1 Å². The topological polar surface area (TPSA) is 90.8 Å². The molecule has 0 saturated carbocycles. The molecular formula is C16H26N7O+. The first-order valence-electron chi connectivity index (χ1n) is 7.83. The molecule has 0 spiro atoms. The molecule has 1 heterocycles. The highest BCUT2D eigenvalue weighted by Gasteiger charge is 2.09. The first-order chi connectivity index (χ1) is 11.5. The molecule has 0 saturated heterocycles. The van der Waals surface area contributed by atoms with E-state index in [1.54, 1.807) is 6.20 Å². The molecule has 8 heteroatoms. The second kappa shape index (κ2) is 8.32. The predicted octanol–water partition coefficient (Wildman–Crippen LogP) is 0.574. The molecule has 24 heavy (non-hydrogen) atoms. The lowest BCUT2D eigenvalue weighted by molar-refractivity contribution is -0.547. The predicted molar refractivity (Wildman–Crippen MR) is 96.2 cm³/mol. The Morgan fingerprint density at radius 1 is 1.33 bits per heavy atom. The number of nitrogens with two attached hydrogens (primary N) is 1. The number of carbonyl (C=O) groups is 1. The van der Waals surface area contributed by atoms with Gasteiger partial charge in [0.05, 0.1) is 11.9 Å². The van der Waals surface area contributed by atoms with Crippen LogP contribution < -0.4 is 21.5 Å². The molecule has 5 N–H and O–H groups in total. The van der Waals surface area contributed by atoms with E-state index in [4.69, 9.17) is 0 Å². The fourth-order valence-electron chi connectivity index (χ4n) is 2.17. The highest BCUT2D eigenvalue weighted by Crippen LogP contribution is 2.24. The van der Waals surface area contributed by atoms with Gasteiger partial charge in [-0.15, -0.1) is 0 Å². The quantitative estimate of drug-likeness (QED) is 0.419. The van der Waals surface area contributed by atoms with Crippen LogP contribution in [0.25, 0.3) is 0 Å². The Balaban J connectivity index is 2.12. The number of aromatic nitrogens is 2. The number of nitrogens with zero attached hydrogens (tertiary/aromatic N) is 3. The molecule has 2 aromatic rings. The summed E-state index contributed by atoms with van der Waals surface area (Å²) < 4.78 is 1.92. The van der Waals surface area contributed by atoms with Crippen LogP contribution in [0.4, 0.5) is 23.0 Å². The van der Waals surface area contributed by atoms with Crippen LogP contribution in [-0.4, -0.2) is 47.5 Å². The number of carbonyl (C=O) groups excluding carboxylic acids is 1. The summed E-state index contributed by atoms with van der Waals surface area (Å²) in [6.45, 7) is 3.25. The monoisotopic (exact) mass is 332 g/mol. The van der Waals surface area contributed by atoms with Crippen LogP contribution in [0.15, 0.2) is 30.6 Å². The van der Waals surface area contributed by atoms with Gasteiger partial charge in [0.25, 0.3) is 0 Å². The molecule has 0 fully saturated rings. The summed E-state index contributed by atoms with van der Waals surface area (Å²) in [6.07, 6.45) is 3.63. The Morgan fingerprint density at radius 3 is 2.75 bits per heavy atom. The van der Waals surface area contributed by atoms with E-state index in [1.807, 2.05) is 55.5 Å². The average Bonchev–Trinajstić information content (AvgIpc) is 2.91. The summed E-state index contributed by atoms with van der Waals surface area (Å²) >= 11 is 0. The van der Waals surface area contributed by atoms with Crippen molar-refractivity contribution in [2.75, 3.05) is 43.2 Å². The lowest BCUT2D eigenvalue weighted by Crippen LogP contribution is -2.83. The second-order valence-corrected chi connectivity index (χ2v) is 5.86. The van der Waals surface area contributed by atoms with Crippen molar-refractivity contribution < 1.29 is 10.2 Å². The molecule has 1 aromatic heterocycles. The number of rotatable bonds is 8. The van der Waals surface area contributed by atoms with Crippen molar-refractivity contribution >= 4 is 28.9 Å². The van der Waals surface area contributed by atoms with Gasteiger partial charge in [-0.05, 0) is 32.3 Å². The number of likely N-dealkylation sites (N-methyl/N-ethyl adjacent to an activating group) is 1. The largest absolute Gasteiger partial charge is 0.382 e. The van der Waals surface area contributed by atoms with E-state index in [1.165, 1.54) is 6.92 Å². The van der Waals surface area contributed by atoms with Crippen LogP contribution in [0.2, 0.25) is 0 Å². The van der Waals surface area contributed by atoms with Gasteiger partial charge < -0.3 is 15.5 Å². The van der Waals surface area contributed by atoms with E-state index in [9.17, 15) is 4.79 Å². The van der Waals surface area contributed by atoms with Crippen molar-refractivity contribution in [1.82, 2.24) is 14.5 Å². The van der Waals surface area contributed by atoms with Crippen molar-refractivity contribution in [3.8, 4) is 0 Å². The maximum atomic E-state index is 11.3. The third-order valence-electron chi connectivity index (χ3n) is 3.43. The summed E-state index contributed by atoms with van der Waals surface area (Å²) in [5, 5.41) is 6.21. The fourth-order valence-corrected chi connectivity index (χ4v) is 2.17.